The van der Waals surface area contributed by atoms with Crippen LogP contribution in [0.2, 0.25) is 0 Å². The third-order valence-electron chi connectivity index (χ3n) is 6.91. The maximum absolute atomic E-state index is 13.8. The van der Waals surface area contributed by atoms with Crippen molar-refractivity contribution in [1.82, 2.24) is 9.47 Å². The molecule has 4 rings (SSSR count). The molecule has 13 heteroatoms. The van der Waals surface area contributed by atoms with Gasteiger partial charge in [0.1, 0.15) is 10.5 Å². The Labute approximate surface area is 252 Å². The number of fused-ring (bicyclic) bond motifs is 1. The van der Waals surface area contributed by atoms with Crippen LogP contribution in [0.5, 0.6) is 34.5 Å². The summed E-state index contributed by atoms with van der Waals surface area (Å²) in [5.41, 5.74) is 7.32. The summed E-state index contributed by atoms with van der Waals surface area (Å²) in [7, 11) is 12.1. The van der Waals surface area contributed by atoms with E-state index in [2.05, 4.69) is 6.07 Å². The number of carbonyl (C=O) groups is 1. The number of hydrogen-bond acceptors (Lipinski definition) is 11. The normalized spacial score (nSPS) is 14.5. The minimum Gasteiger partial charge on any atom is -0.493 e. The van der Waals surface area contributed by atoms with Crippen molar-refractivity contribution in [1.29, 1.82) is 5.26 Å². The molecule has 1 aliphatic heterocycles. The molecule has 12 nitrogen and oxygen atoms in total. The largest absolute Gasteiger partial charge is 0.493 e. The number of aromatic nitrogens is 1. The van der Waals surface area contributed by atoms with Gasteiger partial charge in [0.05, 0.1) is 70.3 Å². The third kappa shape index (κ3) is 5.21. The van der Waals surface area contributed by atoms with Gasteiger partial charge in [0.2, 0.25) is 11.5 Å². The van der Waals surface area contributed by atoms with Crippen LogP contribution in [0.1, 0.15) is 17.0 Å². The Morgan fingerprint density at radius 3 is 1.81 bits per heavy atom. The number of nitrogens with two attached hydrogens (primary N) is 1. The molecule has 3 aromatic rings. The summed E-state index contributed by atoms with van der Waals surface area (Å²) in [6.45, 7) is 0. The van der Waals surface area contributed by atoms with E-state index in [-0.39, 0.29) is 26.2 Å². The van der Waals surface area contributed by atoms with Crippen molar-refractivity contribution < 1.29 is 33.2 Å². The van der Waals surface area contributed by atoms with Gasteiger partial charge in [-0.1, -0.05) is 0 Å². The molecule has 1 aliphatic rings. The van der Waals surface area contributed by atoms with Crippen LogP contribution in [0.15, 0.2) is 34.6 Å². The predicted molar refractivity (Wildman–Crippen MR) is 161 cm³/mol. The Hall–Kier alpha value is -5.09. The van der Waals surface area contributed by atoms with E-state index in [1.807, 2.05) is 0 Å². The summed E-state index contributed by atoms with van der Waals surface area (Å²) in [5.74, 6) is 0.763. The van der Waals surface area contributed by atoms with E-state index in [0.717, 1.165) is 11.3 Å². The summed E-state index contributed by atoms with van der Waals surface area (Å²) in [4.78, 5) is 29.0. The first-order valence-corrected chi connectivity index (χ1v) is 13.6. The fraction of sp³-hybridized carbons (Fsp3) is 0.300. The van der Waals surface area contributed by atoms with Gasteiger partial charge >= 0.3 is 0 Å². The maximum Gasteiger partial charge on any atom is 0.274 e. The summed E-state index contributed by atoms with van der Waals surface area (Å²) in [6.07, 6.45) is 1.63. The Balaban J connectivity index is 2.12. The van der Waals surface area contributed by atoms with Crippen molar-refractivity contribution >= 4 is 34.7 Å². The van der Waals surface area contributed by atoms with Crippen molar-refractivity contribution in [2.24, 2.45) is 5.73 Å². The first kappa shape index (κ1) is 30.9. The van der Waals surface area contributed by atoms with Crippen molar-refractivity contribution in [3.8, 4) is 40.6 Å². The van der Waals surface area contributed by atoms with E-state index in [1.54, 1.807) is 44.4 Å². The van der Waals surface area contributed by atoms with Gasteiger partial charge in [0.15, 0.2) is 23.0 Å². The van der Waals surface area contributed by atoms with E-state index in [9.17, 15) is 14.9 Å². The van der Waals surface area contributed by atoms with E-state index in [0.29, 0.717) is 45.6 Å². The number of carbonyl (C=O) groups excluding carboxylic acids is 1. The molecule has 226 valence electrons. The summed E-state index contributed by atoms with van der Waals surface area (Å²) >= 11 is 1.08. The molecule has 1 unspecified atom stereocenters. The number of amides is 1. The second kappa shape index (κ2) is 12.4. The zero-order valence-electron chi connectivity index (χ0n) is 25.1. The summed E-state index contributed by atoms with van der Waals surface area (Å²) in [5, 5.41) is 10.3. The van der Waals surface area contributed by atoms with Crippen LogP contribution in [0.4, 0.5) is 0 Å². The molecular formula is C30H32N4O8S. The average molecular weight is 609 g/mol. The Bertz CT molecular complexity index is 1800. The Morgan fingerprint density at radius 1 is 0.907 bits per heavy atom. The van der Waals surface area contributed by atoms with E-state index in [4.69, 9.17) is 34.2 Å². The van der Waals surface area contributed by atoms with Gasteiger partial charge in [-0.15, -0.1) is 11.3 Å². The number of benzene rings is 2. The standard InChI is InChI=1S/C30H32N4O8S/c1-33(2)29(36)24-23(16-12-20(39-5)26(42-8)21(13-16)40-6)17(14-31)27(32)34-28(35)22(43-30(24)34)11-15-9-18(37-3)25(41-7)19(10-15)38-4/h9-13,23H,32H2,1-8H3/b22-11+. The second-order valence-electron chi connectivity index (χ2n) is 9.43. The van der Waals surface area contributed by atoms with Gasteiger partial charge in [-0.25, -0.2) is 0 Å². The van der Waals surface area contributed by atoms with Crippen LogP contribution < -0.4 is 48.9 Å². The molecule has 2 aromatic carbocycles. The average Bonchev–Trinajstić information content (AvgIpc) is 3.34. The maximum atomic E-state index is 13.8. The second-order valence-corrected chi connectivity index (χ2v) is 10.5. The zero-order valence-corrected chi connectivity index (χ0v) is 25.9. The lowest BCUT2D eigenvalue weighted by Crippen LogP contribution is -2.41. The highest BCUT2D eigenvalue weighted by molar-refractivity contribution is 7.07. The van der Waals surface area contributed by atoms with E-state index < -0.39 is 17.4 Å². The van der Waals surface area contributed by atoms with Crippen LogP contribution in [-0.2, 0) is 4.79 Å². The molecule has 0 aliphatic carbocycles. The fourth-order valence-corrected chi connectivity index (χ4v) is 6.10. The van der Waals surface area contributed by atoms with Gasteiger partial charge in [-0.2, -0.15) is 5.26 Å². The Morgan fingerprint density at radius 2 is 1.40 bits per heavy atom. The van der Waals surface area contributed by atoms with Gasteiger partial charge in [-0.3, -0.25) is 14.2 Å². The molecule has 0 fully saturated rings. The number of rotatable bonds is 9. The molecule has 1 atom stereocenters. The van der Waals surface area contributed by atoms with Gasteiger partial charge in [0, 0.05) is 14.1 Å². The predicted octanol–water partition coefficient (Wildman–Crippen LogP) is 1.48. The van der Waals surface area contributed by atoms with E-state index in [1.165, 1.54) is 52.1 Å². The van der Waals surface area contributed by atoms with Crippen molar-refractivity contribution in [3.05, 3.63) is 60.5 Å². The quantitative estimate of drug-likeness (QED) is 0.379. The molecule has 0 saturated heterocycles. The van der Waals surface area contributed by atoms with Crippen LogP contribution in [0, 0.1) is 11.3 Å². The molecule has 43 heavy (non-hydrogen) atoms. The molecule has 2 heterocycles. The molecule has 0 spiro atoms. The molecule has 1 amide bonds. The summed E-state index contributed by atoms with van der Waals surface area (Å²) in [6, 6.07) is 8.84. The first-order valence-electron chi connectivity index (χ1n) is 12.8. The molecular weight excluding hydrogens is 576 g/mol. The van der Waals surface area contributed by atoms with Gasteiger partial charge < -0.3 is 39.1 Å². The Kier molecular flexibility index (Phi) is 8.91. The molecule has 0 bridgehead atoms. The highest BCUT2D eigenvalue weighted by atomic mass is 32.1. The van der Waals surface area contributed by atoms with Crippen LogP contribution in [-0.4, -0.2) is 72.1 Å². The van der Waals surface area contributed by atoms with Gasteiger partial charge in [-0.05, 0) is 41.5 Å². The zero-order chi connectivity index (χ0) is 31.6. The number of methoxy groups -OCH3 is 6. The third-order valence-corrected chi connectivity index (χ3v) is 8.02. The monoisotopic (exact) mass is 608 g/mol. The van der Waals surface area contributed by atoms with Crippen molar-refractivity contribution in [2.45, 2.75) is 5.92 Å². The number of ether oxygens (including phenoxy) is 6. The molecule has 1 aromatic heterocycles. The van der Waals surface area contributed by atoms with Gasteiger partial charge in [0.25, 0.3) is 11.5 Å². The number of hydrogen-bond donors (Lipinski definition) is 1. The number of thiazole rings is 1. The SMILES string of the molecule is COc1cc(/C=c2/sc3n(c2=O)C(N)=C(C#N)C(c2cc(OC)c(OC)c(OC)c2)C=3C(=O)N(C)C)cc(OC)c1OC. The topological polar surface area (TPSA) is 148 Å². The lowest BCUT2D eigenvalue weighted by Gasteiger charge is -2.27. The number of allylic oxidation sites excluding steroid dienone is 1. The molecule has 0 saturated carbocycles. The van der Waals surface area contributed by atoms with E-state index >= 15 is 0 Å². The van der Waals surface area contributed by atoms with Crippen molar-refractivity contribution in [2.75, 3.05) is 56.8 Å². The molecule has 2 N–H and O–H groups in total. The number of nitrogens with zero attached hydrogens (tertiary/aromatic N) is 3. The van der Waals surface area contributed by atoms with Crippen molar-refractivity contribution in [3.63, 3.8) is 0 Å². The minimum absolute atomic E-state index is 0.0196. The van der Waals surface area contributed by atoms with Crippen LogP contribution in [0.25, 0.3) is 17.5 Å². The molecule has 0 radical (unpaired) electrons. The minimum atomic E-state index is -0.944. The van der Waals surface area contributed by atoms with Crippen LogP contribution in [0.3, 0.4) is 0 Å². The lowest BCUT2D eigenvalue weighted by molar-refractivity contribution is -0.123. The highest BCUT2D eigenvalue weighted by Gasteiger charge is 2.37. The smallest absolute Gasteiger partial charge is 0.274 e. The lowest BCUT2D eigenvalue weighted by atomic mass is 9.83. The number of nitriles is 1. The first-order chi connectivity index (χ1) is 20.6. The fourth-order valence-electron chi connectivity index (χ4n) is 4.93. The van der Waals surface area contributed by atoms with Crippen LogP contribution >= 0.6 is 11.3 Å². The highest BCUT2D eigenvalue weighted by Crippen LogP contribution is 2.45. The summed E-state index contributed by atoms with van der Waals surface area (Å²) < 4.78 is 34.6.